The fourth-order valence-electron chi connectivity index (χ4n) is 2.30. The van der Waals surface area contributed by atoms with Crippen LogP contribution < -0.4 is 10.5 Å². The van der Waals surface area contributed by atoms with Gasteiger partial charge in [-0.1, -0.05) is 12.1 Å². The van der Waals surface area contributed by atoms with E-state index in [1.807, 2.05) is 25.1 Å². The molecule has 0 aliphatic rings. The van der Waals surface area contributed by atoms with Gasteiger partial charge in [0.05, 0.1) is 23.8 Å². The van der Waals surface area contributed by atoms with Crippen LogP contribution in [0, 0.1) is 12.7 Å². The van der Waals surface area contributed by atoms with Crippen molar-refractivity contribution < 1.29 is 9.13 Å². The molecule has 5 heteroatoms. The summed E-state index contributed by atoms with van der Waals surface area (Å²) in [5, 5.41) is 0. The fourth-order valence-corrected chi connectivity index (χ4v) is 2.30. The number of ether oxygens (including phenoxy) is 1. The molecule has 1 heterocycles. The second-order valence-electron chi connectivity index (χ2n) is 4.57. The van der Waals surface area contributed by atoms with Gasteiger partial charge in [-0.05, 0) is 30.7 Å². The maximum Gasteiger partial charge on any atom is 0.206 e. The molecule has 102 valence electrons. The highest BCUT2D eigenvalue weighted by Gasteiger charge is 2.15. The highest BCUT2D eigenvalue weighted by molar-refractivity contribution is 5.83. The summed E-state index contributed by atoms with van der Waals surface area (Å²) in [6, 6.07) is 10.2. The smallest absolute Gasteiger partial charge is 0.206 e. The average Bonchev–Trinajstić information content (AvgIpc) is 2.77. The second kappa shape index (κ2) is 4.52. The number of fused-ring (bicyclic) bond motifs is 1. The van der Waals surface area contributed by atoms with Gasteiger partial charge in [-0.3, -0.25) is 4.57 Å². The molecule has 2 aromatic carbocycles. The van der Waals surface area contributed by atoms with Gasteiger partial charge in [0.15, 0.2) is 0 Å². The second-order valence-corrected chi connectivity index (χ2v) is 4.57. The lowest BCUT2D eigenvalue weighted by Gasteiger charge is -2.09. The summed E-state index contributed by atoms with van der Waals surface area (Å²) in [5.74, 6) is 0.440. The SMILES string of the molecule is COc1ccc(F)c(-n2c(N)nc3c(C)cccc32)c1. The Bertz CT molecular complexity index is 795. The molecule has 0 radical (unpaired) electrons. The third-order valence-corrected chi connectivity index (χ3v) is 3.31. The van der Waals surface area contributed by atoms with Crippen molar-refractivity contribution in [2.45, 2.75) is 6.92 Å². The molecule has 0 amide bonds. The molecule has 0 aliphatic carbocycles. The number of benzene rings is 2. The lowest BCUT2D eigenvalue weighted by atomic mass is 10.2. The molecule has 0 unspecified atom stereocenters. The number of nitrogens with two attached hydrogens (primary N) is 1. The molecule has 1 aromatic heterocycles. The zero-order valence-corrected chi connectivity index (χ0v) is 11.2. The van der Waals surface area contributed by atoms with Gasteiger partial charge in [0.25, 0.3) is 0 Å². The molecular weight excluding hydrogens is 257 g/mol. The fraction of sp³-hybridized carbons (Fsp3) is 0.133. The molecule has 0 fully saturated rings. The maximum absolute atomic E-state index is 14.1. The maximum atomic E-state index is 14.1. The zero-order valence-electron chi connectivity index (χ0n) is 11.2. The Kier molecular flexibility index (Phi) is 2.82. The molecule has 3 aromatic rings. The van der Waals surface area contributed by atoms with E-state index in [0.29, 0.717) is 11.4 Å². The Morgan fingerprint density at radius 1 is 1.25 bits per heavy atom. The van der Waals surface area contributed by atoms with Crippen molar-refractivity contribution in [1.29, 1.82) is 0 Å². The van der Waals surface area contributed by atoms with Crippen LogP contribution in [0.1, 0.15) is 5.56 Å². The van der Waals surface area contributed by atoms with Crippen LogP contribution in [0.15, 0.2) is 36.4 Å². The van der Waals surface area contributed by atoms with Crippen molar-refractivity contribution in [3.05, 3.63) is 47.8 Å². The Hall–Kier alpha value is -2.56. The van der Waals surface area contributed by atoms with E-state index in [2.05, 4.69) is 4.98 Å². The Morgan fingerprint density at radius 3 is 2.80 bits per heavy atom. The van der Waals surface area contributed by atoms with Gasteiger partial charge in [-0.15, -0.1) is 0 Å². The molecule has 3 rings (SSSR count). The average molecular weight is 271 g/mol. The number of rotatable bonds is 2. The molecular formula is C15H14FN3O. The number of halogens is 1. The topological polar surface area (TPSA) is 53.1 Å². The van der Waals surface area contributed by atoms with Crippen molar-refractivity contribution in [3.63, 3.8) is 0 Å². The van der Waals surface area contributed by atoms with Crippen molar-refractivity contribution in [3.8, 4) is 11.4 Å². The lowest BCUT2D eigenvalue weighted by Crippen LogP contribution is -2.03. The molecule has 4 nitrogen and oxygen atoms in total. The number of methoxy groups -OCH3 is 1. The van der Waals surface area contributed by atoms with Crippen LogP contribution in [0.25, 0.3) is 16.7 Å². The van der Waals surface area contributed by atoms with E-state index in [-0.39, 0.29) is 11.8 Å². The van der Waals surface area contributed by atoms with Crippen LogP contribution in [0.3, 0.4) is 0 Å². The van der Waals surface area contributed by atoms with E-state index >= 15 is 0 Å². The summed E-state index contributed by atoms with van der Waals surface area (Å²) in [4.78, 5) is 4.32. The Morgan fingerprint density at radius 2 is 2.05 bits per heavy atom. The summed E-state index contributed by atoms with van der Waals surface area (Å²) in [6.07, 6.45) is 0. The summed E-state index contributed by atoms with van der Waals surface area (Å²) in [7, 11) is 1.54. The highest BCUT2D eigenvalue weighted by Crippen LogP contribution is 2.28. The first-order valence-electron chi connectivity index (χ1n) is 6.19. The standard InChI is InChI=1S/C15H14FN3O/c1-9-4-3-5-12-14(9)18-15(17)19(12)13-8-10(20-2)6-7-11(13)16/h3-8H,1-2H3,(H2,17,18). The summed E-state index contributed by atoms with van der Waals surface area (Å²) in [6.45, 7) is 1.95. The van der Waals surface area contributed by atoms with E-state index in [4.69, 9.17) is 10.5 Å². The largest absolute Gasteiger partial charge is 0.497 e. The van der Waals surface area contributed by atoms with Crippen LogP contribution in [-0.2, 0) is 0 Å². The molecule has 0 bridgehead atoms. The van der Waals surface area contributed by atoms with Crippen molar-refractivity contribution >= 4 is 17.0 Å². The Balaban J connectivity index is 2.35. The van der Waals surface area contributed by atoms with Gasteiger partial charge in [0, 0.05) is 6.07 Å². The van der Waals surface area contributed by atoms with Gasteiger partial charge in [-0.25, -0.2) is 9.37 Å². The third-order valence-electron chi connectivity index (χ3n) is 3.31. The first-order chi connectivity index (χ1) is 9.61. The number of hydrogen-bond acceptors (Lipinski definition) is 3. The van der Waals surface area contributed by atoms with Gasteiger partial charge >= 0.3 is 0 Å². The van der Waals surface area contributed by atoms with Gasteiger partial charge in [0.2, 0.25) is 5.95 Å². The highest BCUT2D eigenvalue weighted by atomic mass is 19.1. The van der Waals surface area contributed by atoms with E-state index in [1.54, 1.807) is 16.7 Å². The number of anilines is 1. The number of imidazole rings is 1. The van der Waals surface area contributed by atoms with Gasteiger partial charge < -0.3 is 10.5 Å². The van der Waals surface area contributed by atoms with Crippen LogP contribution in [0.5, 0.6) is 5.75 Å². The first-order valence-corrected chi connectivity index (χ1v) is 6.19. The van der Waals surface area contributed by atoms with Crippen LogP contribution in [0.4, 0.5) is 10.3 Å². The monoisotopic (exact) mass is 271 g/mol. The third kappa shape index (κ3) is 1.79. The molecule has 0 spiro atoms. The summed E-state index contributed by atoms with van der Waals surface area (Å²) < 4.78 is 20.9. The van der Waals surface area contributed by atoms with Crippen LogP contribution >= 0.6 is 0 Å². The van der Waals surface area contributed by atoms with E-state index in [9.17, 15) is 4.39 Å². The number of nitrogens with zero attached hydrogens (tertiary/aromatic N) is 2. The molecule has 0 saturated heterocycles. The van der Waals surface area contributed by atoms with E-state index in [1.165, 1.54) is 13.2 Å². The number of aryl methyl sites for hydroxylation is 1. The predicted molar refractivity (Wildman–Crippen MR) is 76.7 cm³/mol. The minimum Gasteiger partial charge on any atom is -0.497 e. The molecule has 20 heavy (non-hydrogen) atoms. The zero-order chi connectivity index (χ0) is 14.3. The molecule has 0 saturated carbocycles. The predicted octanol–water partition coefficient (Wildman–Crippen LogP) is 3.06. The number of hydrogen-bond donors (Lipinski definition) is 1. The quantitative estimate of drug-likeness (QED) is 0.779. The van der Waals surface area contributed by atoms with Crippen molar-refractivity contribution in [2.75, 3.05) is 12.8 Å². The molecule has 2 N–H and O–H groups in total. The summed E-state index contributed by atoms with van der Waals surface area (Å²) in [5.41, 5.74) is 8.83. The Labute approximate surface area is 115 Å². The number of nitrogen functional groups attached to an aromatic ring is 1. The van der Waals surface area contributed by atoms with Crippen LogP contribution in [-0.4, -0.2) is 16.7 Å². The minimum atomic E-state index is -0.377. The lowest BCUT2D eigenvalue weighted by molar-refractivity contribution is 0.413. The number of aromatic nitrogens is 2. The summed E-state index contributed by atoms with van der Waals surface area (Å²) >= 11 is 0. The van der Waals surface area contributed by atoms with Crippen molar-refractivity contribution in [1.82, 2.24) is 9.55 Å². The normalized spacial score (nSPS) is 10.9. The van der Waals surface area contributed by atoms with Crippen molar-refractivity contribution in [2.24, 2.45) is 0 Å². The minimum absolute atomic E-state index is 0.251. The molecule has 0 atom stereocenters. The van der Waals surface area contributed by atoms with E-state index in [0.717, 1.165) is 16.6 Å². The number of para-hydroxylation sites is 1. The van der Waals surface area contributed by atoms with E-state index < -0.39 is 0 Å². The molecule has 0 aliphatic heterocycles. The first kappa shape index (κ1) is 12.5. The van der Waals surface area contributed by atoms with Crippen LogP contribution in [0.2, 0.25) is 0 Å². The van der Waals surface area contributed by atoms with Gasteiger partial charge in [0.1, 0.15) is 11.6 Å². The van der Waals surface area contributed by atoms with Gasteiger partial charge in [-0.2, -0.15) is 0 Å².